The molecule has 5 nitrogen and oxygen atoms in total. The van der Waals surface area contributed by atoms with E-state index in [0.717, 1.165) is 0 Å². The SMILES string of the molecule is CC(O)C1=C(C(=O)[O-])N2C(=O)CC2C1C.[Na+]. The van der Waals surface area contributed by atoms with Crippen molar-refractivity contribution < 1.29 is 49.4 Å². The molecule has 2 aliphatic rings. The number of nitrogens with zero attached hydrogens (tertiary/aromatic N) is 1. The molecule has 1 N–H and O–H groups in total. The molecule has 0 aromatic rings. The summed E-state index contributed by atoms with van der Waals surface area (Å²) in [6, 6.07) is -0.102. The molecule has 6 heteroatoms. The average Bonchev–Trinajstić information content (AvgIpc) is 2.34. The number of aliphatic hydroxyl groups excluding tert-OH is 1. The van der Waals surface area contributed by atoms with E-state index in [2.05, 4.69) is 0 Å². The second kappa shape index (κ2) is 4.49. The number of carboxylic acid groups (broad SMARTS) is 1. The summed E-state index contributed by atoms with van der Waals surface area (Å²) in [5, 5.41) is 20.4. The molecule has 0 spiro atoms. The van der Waals surface area contributed by atoms with Crippen molar-refractivity contribution in [3.8, 4) is 0 Å². The van der Waals surface area contributed by atoms with Crippen LogP contribution in [0.4, 0.5) is 0 Å². The van der Waals surface area contributed by atoms with Crippen LogP contribution in [0, 0.1) is 5.92 Å². The van der Waals surface area contributed by atoms with Gasteiger partial charge in [-0.1, -0.05) is 6.92 Å². The van der Waals surface area contributed by atoms with Gasteiger partial charge in [0.1, 0.15) is 0 Å². The number of fused-ring (bicyclic) bond motifs is 1. The summed E-state index contributed by atoms with van der Waals surface area (Å²) < 4.78 is 0. The largest absolute Gasteiger partial charge is 1.00 e. The van der Waals surface area contributed by atoms with Crippen molar-refractivity contribution in [2.75, 3.05) is 0 Å². The number of carbonyl (C=O) groups is 2. The molecule has 2 rings (SSSR count). The fourth-order valence-corrected chi connectivity index (χ4v) is 2.49. The molecule has 0 aromatic heterocycles. The van der Waals surface area contributed by atoms with Crippen molar-refractivity contribution in [2.45, 2.75) is 32.4 Å². The third-order valence-corrected chi connectivity index (χ3v) is 3.21. The van der Waals surface area contributed by atoms with Gasteiger partial charge in [-0.15, -0.1) is 0 Å². The maximum Gasteiger partial charge on any atom is 1.00 e. The molecule has 0 radical (unpaired) electrons. The van der Waals surface area contributed by atoms with E-state index in [9.17, 15) is 19.8 Å². The van der Waals surface area contributed by atoms with Crippen molar-refractivity contribution in [1.29, 1.82) is 0 Å². The summed E-state index contributed by atoms with van der Waals surface area (Å²) in [6.07, 6.45) is -0.500. The third-order valence-electron chi connectivity index (χ3n) is 3.21. The summed E-state index contributed by atoms with van der Waals surface area (Å²) in [5.74, 6) is -1.69. The zero-order valence-corrected chi connectivity index (χ0v) is 11.6. The van der Waals surface area contributed by atoms with E-state index in [1.165, 1.54) is 11.8 Å². The predicted molar refractivity (Wildman–Crippen MR) is 48.1 cm³/mol. The van der Waals surface area contributed by atoms with Gasteiger partial charge in [0.05, 0.1) is 23.8 Å². The van der Waals surface area contributed by atoms with Gasteiger partial charge >= 0.3 is 29.6 Å². The first kappa shape index (κ1) is 13.7. The van der Waals surface area contributed by atoms with Crippen LogP contribution in [0.3, 0.4) is 0 Å². The van der Waals surface area contributed by atoms with Gasteiger partial charge in [0.2, 0.25) is 5.91 Å². The second-order valence-electron chi connectivity index (χ2n) is 4.09. The first-order valence-corrected chi connectivity index (χ1v) is 4.90. The molecule has 0 aliphatic carbocycles. The van der Waals surface area contributed by atoms with Crippen molar-refractivity contribution in [3.63, 3.8) is 0 Å². The number of aliphatic hydroxyl groups is 1. The maximum absolute atomic E-state index is 11.3. The van der Waals surface area contributed by atoms with E-state index < -0.39 is 12.1 Å². The molecule has 0 saturated carbocycles. The number of carboxylic acids is 1. The Bertz CT molecular complexity index is 377. The molecule has 0 aromatic carbocycles. The Hall–Kier alpha value is -0.360. The van der Waals surface area contributed by atoms with Crippen LogP contribution < -0.4 is 34.7 Å². The van der Waals surface area contributed by atoms with Crippen molar-refractivity contribution >= 4 is 11.9 Å². The Morgan fingerprint density at radius 3 is 2.56 bits per heavy atom. The van der Waals surface area contributed by atoms with Gasteiger partial charge in [0.15, 0.2) is 0 Å². The van der Waals surface area contributed by atoms with Crippen molar-refractivity contribution in [2.24, 2.45) is 5.92 Å². The van der Waals surface area contributed by atoms with Gasteiger partial charge in [-0.25, -0.2) is 0 Å². The van der Waals surface area contributed by atoms with Gasteiger partial charge in [0, 0.05) is 12.3 Å². The fraction of sp³-hybridized carbons (Fsp3) is 0.600. The van der Waals surface area contributed by atoms with Gasteiger partial charge in [0.25, 0.3) is 0 Å². The molecule has 1 fully saturated rings. The van der Waals surface area contributed by atoms with Crippen LogP contribution in [-0.4, -0.2) is 34.0 Å². The standard InChI is InChI=1S/C10H13NO4.Na/c1-4-6-3-7(13)11(6)9(10(14)15)8(4)5(2)12;/h4-6,12H,3H2,1-2H3,(H,14,15);/q;+1/p-1. The summed E-state index contributed by atoms with van der Waals surface area (Å²) in [4.78, 5) is 23.4. The Balaban J connectivity index is 0.00000128. The maximum atomic E-state index is 11.3. The number of β-lactam (4-membered cyclic amide) rings is 1. The monoisotopic (exact) mass is 233 g/mol. The molecule has 2 heterocycles. The molecule has 3 atom stereocenters. The minimum absolute atomic E-state index is 0. The normalized spacial score (nSPS) is 29.4. The Morgan fingerprint density at radius 1 is 1.62 bits per heavy atom. The summed E-state index contributed by atoms with van der Waals surface area (Å²) in [5.41, 5.74) is 0.282. The molecular weight excluding hydrogens is 221 g/mol. The average molecular weight is 233 g/mol. The number of hydrogen-bond donors (Lipinski definition) is 1. The number of rotatable bonds is 2. The van der Waals surface area contributed by atoms with E-state index in [-0.39, 0.29) is 53.1 Å². The van der Waals surface area contributed by atoms with Crippen LogP contribution >= 0.6 is 0 Å². The van der Waals surface area contributed by atoms with Gasteiger partial charge in [-0.05, 0) is 12.5 Å². The molecule has 2 aliphatic heterocycles. The van der Waals surface area contributed by atoms with E-state index in [4.69, 9.17) is 0 Å². The van der Waals surface area contributed by atoms with E-state index in [0.29, 0.717) is 12.0 Å². The quantitative estimate of drug-likeness (QED) is 0.386. The Morgan fingerprint density at radius 2 is 2.19 bits per heavy atom. The van der Waals surface area contributed by atoms with Crippen LogP contribution in [0.1, 0.15) is 20.3 Å². The van der Waals surface area contributed by atoms with E-state index >= 15 is 0 Å². The summed E-state index contributed by atoms with van der Waals surface area (Å²) in [6.45, 7) is 3.33. The van der Waals surface area contributed by atoms with Crippen LogP contribution in [0.2, 0.25) is 0 Å². The minimum atomic E-state index is -1.38. The molecule has 16 heavy (non-hydrogen) atoms. The first-order valence-electron chi connectivity index (χ1n) is 4.90. The van der Waals surface area contributed by atoms with Gasteiger partial charge < -0.3 is 19.9 Å². The predicted octanol–water partition coefficient (Wildman–Crippen LogP) is -4.37. The Labute approximate surface area is 115 Å². The molecular formula is C10H12NNaO4. The Kier molecular flexibility index (Phi) is 3.84. The smallest absolute Gasteiger partial charge is 0.543 e. The van der Waals surface area contributed by atoms with Crippen molar-refractivity contribution in [1.82, 2.24) is 4.90 Å². The summed E-state index contributed by atoms with van der Waals surface area (Å²) in [7, 11) is 0. The van der Waals surface area contributed by atoms with Crippen LogP contribution in [-0.2, 0) is 9.59 Å². The molecule has 1 saturated heterocycles. The number of hydrogen-bond acceptors (Lipinski definition) is 4. The minimum Gasteiger partial charge on any atom is -0.543 e. The fourth-order valence-electron chi connectivity index (χ4n) is 2.49. The number of amides is 1. The molecule has 3 unspecified atom stereocenters. The topological polar surface area (TPSA) is 80.7 Å². The number of carbonyl (C=O) groups excluding carboxylic acids is 2. The van der Waals surface area contributed by atoms with Crippen molar-refractivity contribution in [3.05, 3.63) is 11.3 Å². The zero-order chi connectivity index (χ0) is 11.3. The van der Waals surface area contributed by atoms with Gasteiger partial charge in [-0.3, -0.25) is 4.79 Å². The second-order valence-corrected chi connectivity index (χ2v) is 4.09. The van der Waals surface area contributed by atoms with Crippen LogP contribution in [0.15, 0.2) is 11.3 Å². The molecule has 82 valence electrons. The number of aliphatic carboxylic acids is 1. The molecule has 0 bridgehead atoms. The first-order chi connectivity index (χ1) is 6.95. The van der Waals surface area contributed by atoms with Crippen LogP contribution in [0.25, 0.3) is 0 Å². The molecule has 1 amide bonds. The zero-order valence-electron chi connectivity index (χ0n) is 9.56. The summed E-state index contributed by atoms with van der Waals surface area (Å²) >= 11 is 0. The van der Waals surface area contributed by atoms with E-state index in [1.807, 2.05) is 6.92 Å². The van der Waals surface area contributed by atoms with E-state index in [1.54, 1.807) is 0 Å². The van der Waals surface area contributed by atoms with Gasteiger partial charge in [-0.2, -0.15) is 0 Å². The van der Waals surface area contributed by atoms with Crippen LogP contribution in [0.5, 0.6) is 0 Å². The third kappa shape index (κ3) is 1.72.